The van der Waals surface area contributed by atoms with Gasteiger partial charge in [-0.2, -0.15) is 0 Å². The van der Waals surface area contributed by atoms with Crippen molar-refractivity contribution < 1.29 is 24.5 Å². The van der Waals surface area contributed by atoms with Crippen molar-refractivity contribution in [3.8, 4) is 0 Å². The van der Waals surface area contributed by atoms with E-state index in [0.29, 0.717) is 0 Å². The standard InChI is InChI=1S/C17H16ClFN2O5/c18-13-14-8(3-10(19)15(13)20-5-11(22)12(23)6-20)16(24)9(17(25)26)4-21(14)7-1-2-7/h3-4,7,11-12,22-23H,1-2,5-6H2,(H,25,26). The molecule has 138 valence electrons. The third kappa shape index (κ3) is 2.56. The fourth-order valence-corrected chi connectivity index (χ4v) is 3.88. The second kappa shape index (κ2) is 5.94. The molecule has 0 bridgehead atoms. The Labute approximate surface area is 151 Å². The molecule has 1 aliphatic carbocycles. The zero-order chi connectivity index (χ0) is 18.7. The number of hydrogen-bond acceptors (Lipinski definition) is 5. The molecule has 2 unspecified atom stereocenters. The number of aliphatic hydroxyl groups is 2. The fraction of sp³-hybridized carbons (Fsp3) is 0.412. The number of carboxylic acids is 1. The van der Waals surface area contributed by atoms with E-state index in [4.69, 9.17) is 11.6 Å². The van der Waals surface area contributed by atoms with Crippen LogP contribution in [0.2, 0.25) is 5.02 Å². The maximum absolute atomic E-state index is 14.8. The number of carboxylic acid groups (broad SMARTS) is 1. The van der Waals surface area contributed by atoms with E-state index < -0.39 is 35.0 Å². The first-order chi connectivity index (χ1) is 12.3. The molecule has 1 aromatic carbocycles. The molecular formula is C17H16ClFN2O5. The van der Waals surface area contributed by atoms with E-state index >= 15 is 0 Å². The van der Waals surface area contributed by atoms with Crippen LogP contribution in [0.25, 0.3) is 10.9 Å². The lowest BCUT2D eigenvalue weighted by atomic mass is 10.1. The van der Waals surface area contributed by atoms with Crippen LogP contribution in [-0.4, -0.2) is 51.2 Å². The quantitative estimate of drug-likeness (QED) is 0.741. The number of rotatable bonds is 3. The van der Waals surface area contributed by atoms with Gasteiger partial charge in [-0.25, -0.2) is 9.18 Å². The van der Waals surface area contributed by atoms with Gasteiger partial charge in [-0.3, -0.25) is 4.79 Å². The summed E-state index contributed by atoms with van der Waals surface area (Å²) in [7, 11) is 0. The Balaban J connectivity index is 2.00. The van der Waals surface area contributed by atoms with Gasteiger partial charge in [0.15, 0.2) is 0 Å². The summed E-state index contributed by atoms with van der Waals surface area (Å²) in [4.78, 5) is 25.3. The Morgan fingerprint density at radius 3 is 2.38 bits per heavy atom. The highest BCUT2D eigenvalue weighted by Gasteiger charge is 2.35. The normalized spacial score (nSPS) is 23.0. The van der Waals surface area contributed by atoms with Crippen molar-refractivity contribution >= 4 is 34.2 Å². The van der Waals surface area contributed by atoms with Crippen molar-refractivity contribution in [1.82, 2.24) is 4.57 Å². The highest BCUT2D eigenvalue weighted by Crippen LogP contribution is 2.42. The summed E-state index contributed by atoms with van der Waals surface area (Å²) in [5.41, 5.74) is -0.957. The molecule has 7 nitrogen and oxygen atoms in total. The molecule has 2 atom stereocenters. The minimum absolute atomic E-state index is 0.00164. The maximum atomic E-state index is 14.8. The molecule has 4 rings (SSSR count). The van der Waals surface area contributed by atoms with Gasteiger partial charge in [0.25, 0.3) is 0 Å². The van der Waals surface area contributed by atoms with Gasteiger partial charge in [-0.05, 0) is 18.9 Å². The minimum Gasteiger partial charge on any atom is -0.477 e. The molecule has 2 fully saturated rings. The summed E-state index contributed by atoms with van der Waals surface area (Å²) >= 11 is 6.45. The lowest BCUT2D eigenvalue weighted by molar-refractivity contribution is 0.0572. The van der Waals surface area contributed by atoms with Crippen molar-refractivity contribution in [3.63, 3.8) is 0 Å². The number of aromatic carboxylic acids is 1. The third-order valence-corrected chi connectivity index (χ3v) is 5.29. The molecule has 26 heavy (non-hydrogen) atoms. The predicted octanol–water partition coefficient (Wildman–Crippen LogP) is 1.37. The Morgan fingerprint density at radius 1 is 1.23 bits per heavy atom. The number of fused-ring (bicyclic) bond motifs is 1. The molecule has 1 saturated carbocycles. The summed E-state index contributed by atoms with van der Waals surface area (Å²) in [6, 6.07) is 0.989. The summed E-state index contributed by atoms with van der Waals surface area (Å²) in [6.45, 7) is 0.00830. The van der Waals surface area contributed by atoms with Gasteiger partial charge < -0.3 is 24.8 Å². The number of anilines is 1. The average Bonchev–Trinajstić information content (AvgIpc) is 3.35. The van der Waals surface area contributed by atoms with Crippen LogP contribution in [0.15, 0.2) is 17.1 Å². The van der Waals surface area contributed by atoms with E-state index in [2.05, 4.69) is 0 Å². The number of carbonyl (C=O) groups is 1. The summed E-state index contributed by atoms with van der Waals surface area (Å²) in [6.07, 6.45) is 0.816. The monoisotopic (exact) mass is 382 g/mol. The SMILES string of the molecule is O=C(O)c1cn(C2CC2)c2c(Cl)c(N3CC(O)C(O)C3)c(F)cc2c1=O. The van der Waals surface area contributed by atoms with Crippen molar-refractivity contribution in [2.24, 2.45) is 0 Å². The topological polar surface area (TPSA) is 103 Å². The van der Waals surface area contributed by atoms with Crippen LogP contribution in [0.1, 0.15) is 29.2 Å². The van der Waals surface area contributed by atoms with Crippen LogP contribution in [0.4, 0.5) is 10.1 Å². The van der Waals surface area contributed by atoms with Crippen LogP contribution >= 0.6 is 11.6 Å². The Kier molecular flexibility index (Phi) is 3.94. The van der Waals surface area contributed by atoms with Crippen molar-refractivity contribution in [3.05, 3.63) is 38.9 Å². The zero-order valence-electron chi connectivity index (χ0n) is 13.5. The molecule has 1 aliphatic heterocycles. The van der Waals surface area contributed by atoms with Crippen LogP contribution in [0, 0.1) is 5.82 Å². The largest absolute Gasteiger partial charge is 0.477 e. The van der Waals surface area contributed by atoms with Gasteiger partial charge in [0.1, 0.15) is 11.4 Å². The molecule has 2 aliphatic rings. The molecular weight excluding hydrogens is 367 g/mol. The molecule has 3 N–H and O–H groups in total. The highest BCUT2D eigenvalue weighted by atomic mass is 35.5. The second-order valence-corrected chi connectivity index (χ2v) is 7.15. The molecule has 1 saturated heterocycles. The van der Waals surface area contributed by atoms with Crippen LogP contribution in [0.5, 0.6) is 0 Å². The summed E-state index contributed by atoms with van der Waals surface area (Å²) in [5, 5.41) is 28.6. The fourth-order valence-electron chi connectivity index (χ4n) is 3.47. The number of halogens is 2. The first-order valence-corrected chi connectivity index (χ1v) is 8.58. The van der Waals surface area contributed by atoms with Crippen molar-refractivity contribution in [1.29, 1.82) is 0 Å². The van der Waals surface area contributed by atoms with Gasteiger partial charge in [0, 0.05) is 25.3 Å². The number of aromatic nitrogens is 1. The van der Waals surface area contributed by atoms with Crippen LogP contribution in [0.3, 0.4) is 0 Å². The number of aliphatic hydroxyl groups excluding tert-OH is 2. The summed E-state index contributed by atoms with van der Waals surface area (Å²) in [5.74, 6) is -2.18. The third-order valence-electron chi connectivity index (χ3n) is 4.93. The van der Waals surface area contributed by atoms with E-state index in [1.165, 1.54) is 11.1 Å². The van der Waals surface area contributed by atoms with Gasteiger partial charge >= 0.3 is 5.97 Å². The van der Waals surface area contributed by atoms with E-state index in [1.807, 2.05) is 0 Å². The smallest absolute Gasteiger partial charge is 0.341 e. The number of nitrogens with zero attached hydrogens (tertiary/aromatic N) is 2. The molecule has 2 aromatic rings. The first-order valence-electron chi connectivity index (χ1n) is 8.20. The minimum atomic E-state index is -1.38. The van der Waals surface area contributed by atoms with E-state index in [1.54, 1.807) is 4.57 Å². The average molecular weight is 383 g/mol. The molecule has 0 amide bonds. The Morgan fingerprint density at radius 2 is 1.85 bits per heavy atom. The number of benzene rings is 1. The van der Waals surface area contributed by atoms with Gasteiger partial charge in [-0.1, -0.05) is 11.6 Å². The van der Waals surface area contributed by atoms with Gasteiger partial charge in [0.05, 0.1) is 33.8 Å². The van der Waals surface area contributed by atoms with Crippen molar-refractivity contribution in [2.75, 3.05) is 18.0 Å². The molecule has 2 heterocycles. The van der Waals surface area contributed by atoms with Gasteiger partial charge in [-0.15, -0.1) is 0 Å². The lowest BCUT2D eigenvalue weighted by Crippen LogP contribution is -2.24. The lowest BCUT2D eigenvalue weighted by Gasteiger charge is -2.22. The Hall–Kier alpha value is -2.16. The molecule has 1 aromatic heterocycles. The molecule has 9 heteroatoms. The van der Waals surface area contributed by atoms with Crippen LogP contribution in [-0.2, 0) is 0 Å². The first kappa shape index (κ1) is 17.3. The van der Waals surface area contributed by atoms with Gasteiger partial charge in [0.2, 0.25) is 5.43 Å². The zero-order valence-corrected chi connectivity index (χ0v) is 14.3. The predicted molar refractivity (Wildman–Crippen MR) is 92.6 cm³/mol. The molecule has 0 radical (unpaired) electrons. The van der Waals surface area contributed by atoms with E-state index in [-0.39, 0.29) is 40.7 Å². The second-order valence-electron chi connectivity index (χ2n) is 6.77. The number of pyridine rings is 1. The van der Waals surface area contributed by atoms with E-state index in [9.17, 15) is 29.3 Å². The van der Waals surface area contributed by atoms with E-state index in [0.717, 1.165) is 18.9 Å². The number of β-amino-alcohol motifs (C(OH)–C–C–N with tert-alkyl or cyclic N) is 2. The van der Waals surface area contributed by atoms with Crippen molar-refractivity contribution in [2.45, 2.75) is 31.1 Å². The van der Waals surface area contributed by atoms with Crippen LogP contribution < -0.4 is 10.3 Å². The molecule has 0 spiro atoms. The highest BCUT2D eigenvalue weighted by molar-refractivity contribution is 6.38. The Bertz CT molecular complexity index is 978. The summed E-state index contributed by atoms with van der Waals surface area (Å²) < 4.78 is 16.4. The maximum Gasteiger partial charge on any atom is 0.341 e. The number of hydrogen-bond donors (Lipinski definition) is 3.